The molecular weight excluding hydrogens is 325 g/mol. The second-order valence-corrected chi connectivity index (χ2v) is 9.68. The van der Waals surface area contributed by atoms with Gasteiger partial charge >= 0.3 is 14.8 Å². The van der Waals surface area contributed by atoms with E-state index < -0.39 is 0 Å². The molecule has 1 radical (unpaired) electrons. The van der Waals surface area contributed by atoms with E-state index >= 15 is 0 Å². The summed E-state index contributed by atoms with van der Waals surface area (Å²) in [4.78, 5) is 0. The summed E-state index contributed by atoms with van der Waals surface area (Å²) < 4.78 is 22.2. The van der Waals surface area contributed by atoms with Crippen LogP contribution in [0.1, 0.15) is 75.7 Å². The maximum absolute atomic E-state index is 6.29. The number of alkyl halides is 1. The normalized spacial score (nSPS) is 27.4. The van der Waals surface area contributed by atoms with Crippen LogP contribution in [0.3, 0.4) is 0 Å². The second-order valence-electron chi connectivity index (χ2n) is 9.12. The zero-order valence-corrected chi connectivity index (χ0v) is 17.8. The van der Waals surface area contributed by atoms with Gasteiger partial charge in [0.15, 0.2) is 0 Å². The van der Waals surface area contributed by atoms with Gasteiger partial charge in [-0.05, 0) is 67.7 Å². The Morgan fingerprint density at radius 1 is 0.792 bits per heavy atom. The van der Waals surface area contributed by atoms with Crippen LogP contribution in [0.15, 0.2) is 0 Å². The number of rotatable bonds is 3. The molecule has 2 aliphatic rings. The van der Waals surface area contributed by atoms with Gasteiger partial charge in [0.05, 0.1) is 27.7 Å². The minimum atomic E-state index is -0.279. The lowest BCUT2D eigenvalue weighted by atomic mass is 9.80. The fourth-order valence-electron chi connectivity index (χ4n) is 2.15. The summed E-state index contributed by atoms with van der Waals surface area (Å²) in [7, 11) is 1.14. The van der Waals surface area contributed by atoms with Crippen molar-refractivity contribution in [3.63, 3.8) is 0 Å². The third kappa shape index (κ3) is 5.14. The Labute approximate surface area is 154 Å². The lowest BCUT2D eigenvalue weighted by Gasteiger charge is -2.32. The van der Waals surface area contributed by atoms with Crippen LogP contribution < -0.4 is 0 Å². The Morgan fingerprint density at radius 3 is 1.42 bits per heavy atom. The Kier molecular flexibility index (Phi) is 6.95. The molecule has 139 valence electrons. The molecule has 7 heteroatoms. The molecule has 0 saturated carbocycles. The zero-order valence-electron chi connectivity index (χ0n) is 17.0. The first kappa shape index (κ1) is 22.3. The number of halogens is 1. The highest BCUT2D eigenvalue weighted by molar-refractivity contribution is 6.59. The van der Waals surface area contributed by atoms with Gasteiger partial charge in [-0.2, -0.15) is 0 Å². The van der Waals surface area contributed by atoms with Crippen LogP contribution >= 0.6 is 11.6 Å². The maximum atomic E-state index is 6.29. The Morgan fingerprint density at radius 2 is 1.17 bits per heavy atom. The molecule has 0 spiro atoms. The molecular formula is C17H34B2ClO4. The molecule has 2 saturated heterocycles. The third-order valence-corrected chi connectivity index (χ3v) is 5.78. The van der Waals surface area contributed by atoms with E-state index in [2.05, 4.69) is 13.8 Å². The molecule has 24 heavy (non-hydrogen) atoms. The summed E-state index contributed by atoms with van der Waals surface area (Å²) in [5.74, 6) is 0.562. The smallest absolute Gasteiger partial charge is 0.405 e. The van der Waals surface area contributed by atoms with Crippen molar-refractivity contribution in [3.05, 3.63) is 0 Å². The fourth-order valence-corrected chi connectivity index (χ4v) is 2.61. The van der Waals surface area contributed by atoms with Crippen LogP contribution in [0.25, 0.3) is 0 Å². The zero-order chi connectivity index (χ0) is 19.0. The topological polar surface area (TPSA) is 36.9 Å². The lowest BCUT2D eigenvalue weighted by molar-refractivity contribution is 0.00578. The van der Waals surface area contributed by atoms with Crippen LogP contribution in [0.5, 0.6) is 0 Å². The maximum Gasteiger partial charge on any atom is 0.488 e. The van der Waals surface area contributed by atoms with Gasteiger partial charge in [0.1, 0.15) is 0 Å². The molecule has 2 rings (SSSR count). The van der Waals surface area contributed by atoms with Crippen molar-refractivity contribution in [3.8, 4) is 0 Å². The second kappa shape index (κ2) is 7.48. The molecule has 2 heterocycles. The monoisotopic (exact) mass is 359 g/mol. The molecule has 0 aromatic carbocycles. The summed E-state index contributed by atoms with van der Waals surface area (Å²) in [6, 6.07) is 0. The van der Waals surface area contributed by atoms with Gasteiger partial charge in [-0.25, -0.2) is 0 Å². The summed E-state index contributed by atoms with van der Waals surface area (Å²) in [6.07, 6.45) is 0.915. The minimum absolute atomic E-state index is 0.0638. The van der Waals surface area contributed by atoms with E-state index in [0.717, 1.165) is 6.42 Å². The van der Waals surface area contributed by atoms with Crippen molar-refractivity contribution in [1.29, 1.82) is 0 Å². The Hall–Kier alpha value is 0.260. The van der Waals surface area contributed by atoms with Gasteiger partial charge in [0.2, 0.25) is 0 Å². The van der Waals surface area contributed by atoms with Crippen molar-refractivity contribution < 1.29 is 18.6 Å². The summed E-state index contributed by atoms with van der Waals surface area (Å²) in [5.41, 5.74) is -0.927. The van der Waals surface area contributed by atoms with Gasteiger partial charge in [-0.1, -0.05) is 13.8 Å². The van der Waals surface area contributed by atoms with E-state index in [1.807, 2.05) is 55.4 Å². The minimum Gasteiger partial charge on any atom is -0.405 e. The van der Waals surface area contributed by atoms with Crippen molar-refractivity contribution in [2.75, 3.05) is 0 Å². The van der Waals surface area contributed by atoms with Crippen LogP contribution in [0, 0.1) is 5.92 Å². The highest BCUT2D eigenvalue weighted by atomic mass is 35.5. The van der Waals surface area contributed by atoms with Crippen LogP contribution in [0.4, 0.5) is 0 Å². The predicted molar refractivity (Wildman–Crippen MR) is 101 cm³/mol. The SMILES string of the molecule is CC(C)CC(Cl)B1OC(C)(C)C(C)(C)O1.CC1(C)O[B]OC1(C)C. The predicted octanol–water partition coefficient (Wildman–Crippen LogP) is 4.40. The van der Waals surface area contributed by atoms with Crippen molar-refractivity contribution in [2.24, 2.45) is 5.92 Å². The quantitative estimate of drug-likeness (QED) is 0.553. The molecule has 2 aliphatic heterocycles. The first-order valence-corrected chi connectivity index (χ1v) is 9.22. The first-order valence-electron chi connectivity index (χ1n) is 8.78. The number of hydrogen-bond acceptors (Lipinski definition) is 4. The summed E-state index contributed by atoms with van der Waals surface area (Å²) in [6.45, 7) is 20.5. The van der Waals surface area contributed by atoms with Gasteiger partial charge in [-0.15, -0.1) is 11.6 Å². The van der Waals surface area contributed by atoms with E-state index in [1.54, 1.807) is 0 Å². The van der Waals surface area contributed by atoms with E-state index in [4.69, 9.17) is 30.2 Å². The first-order chi connectivity index (χ1) is 10.6. The van der Waals surface area contributed by atoms with E-state index in [-0.39, 0.29) is 34.8 Å². The molecule has 4 nitrogen and oxygen atoms in total. The average Bonchev–Trinajstić information content (AvgIpc) is 2.72. The molecule has 0 aromatic rings. The van der Waals surface area contributed by atoms with Crippen molar-refractivity contribution in [2.45, 2.75) is 103 Å². The molecule has 0 N–H and O–H groups in total. The van der Waals surface area contributed by atoms with E-state index in [0.29, 0.717) is 5.92 Å². The Balaban J connectivity index is 0.000000272. The van der Waals surface area contributed by atoms with Crippen LogP contribution in [-0.2, 0) is 18.6 Å². The van der Waals surface area contributed by atoms with Crippen LogP contribution in [0.2, 0.25) is 0 Å². The molecule has 2 fully saturated rings. The molecule has 0 bridgehead atoms. The van der Waals surface area contributed by atoms with E-state index in [9.17, 15) is 0 Å². The highest BCUT2D eigenvalue weighted by Crippen LogP contribution is 2.39. The van der Waals surface area contributed by atoms with Crippen molar-refractivity contribution in [1.82, 2.24) is 0 Å². The molecule has 0 amide bonds. The summed E-state index contributed by atoms with van der Waals surface area (Å²) >= 11 is 6.29. The van der Waals surface area contributed by atoms with Crippen molar-refractivity contribution >= 4 is 26.4 Å². The Bertz CT molecular complexity index is 395. The largest absolute Gasteiger partial charge is 0.488 e. The van der Waals surface area contributed by atoms with Gasteiger partial charge < -0.3 is 18.6 Å². The highest BCUT2D eigenvalue weighted by Gasteiger charge is 2.53. The van der Waals surface area contributed by atoms with E-state index in [1.165, 1.54) is 7.69 Å². The number of hydrogen-bond donors (Lipinski definition) is 0. The molecule has 0 aliphatic carbocycles. The molecule has 0 aromatic heterocycles. The standard InChI is InChI=1S/C11H22BClO2.C6H12BO2/c1-8(2)7-9(13)12-14-10(3,4)11(5,6)15-12;1-5(2)6(3,4)9-7-8-5/h8-9H,7H2,1-6H3;1-4H3. The fraction of sp³-hybridized carbons (Fsp3) is 1.00. The third-order valence-electron chi connectivity index (χ3n) is 5.40. The van der Waals surface area contributed by atoms with Gasteiger partial charge in [0, 0.05) is 0 Å². The van der Waals surface area contributed by atoms with Gasteiger partial charge in [-0.3, -0.25) is 0 Å². The average molecular weight is 360 g/mol. The van der Waals surface area contributed by atoms with Crippen LogP contribution in [-0.4, -0.2) is 42.5 Å². The molecule has 1 atom stereocenters. The molecule has 1 unspecified atom stereocenters. The summed E-state index contributed by atoms with van der Waals surface area (Å²) in [5, 5.41) is -0.0638. The lowest BCUT2D eigenvalue weighted by Crippen LogP contribution is -2.41. The van der Waals surface area contributed by atoms with Gasteiger partial charge in [0.25, 0.3) is 0 Å².